The first-order valence-electron chi connectivity index (χ1n) is 6.43. The quantitative estimate of drug-likeness (QED) is 0.778. The van der Waals surface area contributed by atoms with Crippen LogP contribution < -0.4 is 0 Å². The molecule has 0 amide bonds. The second-order valence-electron chi connectivity index (χ2n) is 4.61. The molecule has 2 nitrogen and oxygen atoms in total. The molecule has 1 aliphatic heterocycles. The highest BCUT2D eigenvalue weighted by atomic mass is 32.2. The van der Waals surface area contributed by atoms with Crippen LogP contribution in [0.1, 0.15) is 54.0 Å². The minimum Gasteiger partial charge on any atom is -0.228 e. The van der Waals surface area contributed by atoms with Gasteiger partial charge in [0.1, 0.15) is 0 Å². The molecule has 1 aliphatic rings. The van der Waals surface area contributed by atoms with Crippen LogP contribution in [0.25, 0.3) is 0 Å². The van der Waals surface area contributed by atoms with Gasteiger partial charge in [0.25, 0.3) is 0 Å². The molecule has 1 fully saturated rings. The summed E-state index contributed by atoms with van der Waals surface area (Å²) in [4.78, 5) is 1.95. The summed E-state index contributed by atoms with van der Waals surface area (Å²) in [5, 5.41) is -0.280. The van der Waals surface area contributed by atoms with Crippen molar-refractivity contribution in [1.82, 2.24) is 0 Å². The Bertz CT molecular complexity index is 558. The summed E-state index contributed by atoms with van der Waals surface area (Å²) in [5.74, 6) is 6.55. The van der Waals surface area contributed by atoms with E-state index in [1.54, 1.807) is 0 Å². The molecule has 2 heterocycles. The summed E-state index contributed by atoms with van der Waals surface area (Å²) in [6, 6.07) is 3.89. The van der Waals surface area contributed by atoms with Crippen LogP contribution in [0.2, 0.25) is 0 Å². The minimum atomic E-state index is -2.93. The molecule has 18 heavy (non-hydrogen) atoms. The van der Waals surface area contributed by atoms with Crippen LogP contribution >= 0.6 is 11.3 Å². The fraction of sp³-hybridized carbons (Fsp3) is 0.571. The van der Waals surface area contributed by atoms with E-state index in [0.29, 0.717) is 5.75 Å². The minimum absolute atomic E-state index is 0.280. The number of thiophene rings is 1. The summed E-state index contributed by atoms with van der Waals surface area (Å²) in [5.41, 5.74) is 0. The van der Waals surface area contributed by atoms with Gasteiger partial charge in [-0.3, -0.25) is 0 Å². The molecular formula is C14H18O2S2. The third-order valence-electron chi connectivity index (χ3n) is 3.11. The Morgan fingerprint density at radius 1 is 1.39 bits per heavy atom. The van der Waals surface area contributed by atoms with Crippen LogP contribution in [0.5, 0.6) is 0 Å². The molecule has 1 atom stereocenters. The van der Waals surface area contributed by atoms with Crippen molar-refractivity contribution in [2.75, 3.05) is 5.75 Å². The zero-order valence-electron chi connectivity index (χ0n) is 10.6. The van der Waals surface area contributed by atoms with Crippen LogP contribution in [0.15, 0.2) is 12.1 Å². The molecule has 0 aliphatic carbocycles. The number of hydrogen-bond donors (Lipinski definition) is 0. The average molecular weight is 282 g/mol. The van der Waals surface area contributed by atoms with Crippen LogP contribution in [-0.4, -0.2) is 14.2 Å². The number of hydrogen-bond acceptors (Lipinski definition) is 3. The van der Waals surface area contributed by atoms with Crippen molar-refractivity contribution in [2.45, 2.75) is 44.3 Å². The molecule has 0 N–H and O–H groups in total. The van der Waals surface area contributed by atoms with Gasteiger partial charge in [0, 0.05) is 11.3 Å². The van der Waals surface area contributed by atoms with Gasteiger partial charge < -0.3 is 0 Å². The summed E-state index contributed by atoms with van der Waals surface area (Å²) in [6.45, 7) is 2.10. The first kappa shape index (κ1) is 13.6. The Kier molecular flexibility index (Phi) is 4.47. The van der Waals surface area contributed by atoms with E-state index in [1.807, 2.05) is 12.1 Å². The zero-order chi connectivity index (χ0) is 13.0. The second kappa shape index (κ2) is 5.90. The largest absolute Gasteiger partial charge is 0.228 e. The first-order valence-corrected chi connectivity index (χ1v) is 8.97. The molecule has 0 unspecified atom stereocenters. The lowest BCUT2D eigenvalue weighted by Gasteiger charge is -2.20. The summed E-state index contributed by atoms with van der Waals surface area (Å²) in [6.07, 6.45) is 4.55. The highest BCUT2D eigenvalue weighted by Gasteiger charge is 2.31. The molecule has 1 aromatic rings. The van der Waals surface area contributed by atoms with Crippen molar-refractivity contribution in [2.24, 2.45) is 0 Å². The molecule has 98 valence electrons. The maximum atomic E-state index is 12.0. The fourth-order valence-corrected chi connectivity index (χ4v) is 5.47. The Hall–Kier alpha value is -0.790. The van der Waals surface area contributed by atoms with Crippen molar-refractivity contribution in [3.05, 3.63) is 21.9 Å². The summed E-state index contributed by atoms with van der Waals surface area (Å²) >= 11 is 1.54. The predicted molar refractivity (Wildman–Crippen MR) is 76.5 cm³/mol. The summed E-state index contributed by atoms with van der Waals surface area (Å²) in [7, 11) is -2.93. The maximum Gasteiger partial charge on any atom is 0.158 e. The van der Waals surface area contributed by atoms with Crippen LogP contribution in [-0.2, 0) is 9.84 Å². The third kappa shape index (κ3) is 3.15. The molecule has 1 saturated heterocycles. The lowest BCUT2D eigenvalue weighted by molar-refractivity contribution is 0.548. The summed E-state index contributed by atoms with van der Waals surface area (Å²) < 4.78 is 24.0. The lowest BCUT2D eigenvalue weighted by atomic mass is 10.1. The van der Waals surface area contributed by atoms with Gasteiger partial charge in [-0.25, -0.2) is 8.42 Å². The smallest absolute Gasteiger partial charge is 0.158 e. The Morgan fingerprint density at radius 3 is 2.94 bits per heavy atom. The molecule has 0 spiro atoms. The zero-order valence-corrected chi connectivity index (χ0v) is 12.2. The molecule has 0 saturated carbocycles. The van der Waals surface area contributed by atoms with Gasteiger partial charge >= 0.3 is 0 Å². The number of rotatable bonds is 2. The van der Waals surface area contributed by atoms with Gasteiger partial charge in [0.05, 0.1) is 15.9 Å². The number of unbranched alkanes of at least 4 members (excludes halogenated alkanes) is 1. The standard InChI is InChI=1S/C14H18O2S2/c1-2-3-4-7-12-9-10-13(17-12)14-8-5-6-11-18(14,15)16/h9-10,14H,2-3,5-6,8,11H2,1H3/t14-/m0/s1. The molecule has 2 rings (SSSR count). The molecule has 1 aromatic heterocycles. The van der Waals surface area contributed by atoms with E-state index in [2.05, 4.69) is 18.8 Å². The fourth-order valence-electron chi connectivity index (χ4n) is 2.14. The van der Waals surface area contributed by atoms with Gasteiger partial charge in [-0.2, -0.15) is 0 Å². The van der Waals surface area contributed by atoms with Gasteiger partial charge in [-0.05, 0) is 31.4 Å². The predicted octanol–water partition coefficient (Wildman–Crippen LogP) is 3.54. The van der Waals surface area contributed by atoms with Gasteiger partial charge in [0.2, 0.25) is 0 Å². The van der Waals surface area contributed by atoms with Crippen LogP contribution in [0, 0.1) is 11.8 Å². The van der Waals surface area contributed by atoms with Gasteiger partial charge in [-0.15, -0.1) is 11.3 Å². The van der Waals surface area contributed by atoms with Crippen molar-refractivity contribution >= 4 is 21.2 Å². The van der Waals surface area contributed by atoms with Crippen LogP contribution in [0.3, 0.4) is 0 Å². The van der Waals surface area contributed by atoms with E-state index < -0.39 is 9.84 Å². The monoisotopic (exact) mass is 282 g/mol. The van der Waals surface area contributed by atoms with E-state index >= 15 is 0 Å². The van der Waals surface area contributed by atoms with Crippen molar-refractivity contribution in [1.29, 1.82) is 0 Å². The van der Waals surface area contributed by atoms with Gasteiger partial charge in [-0.1, -0.05) is 25.2 Å². The Labute approximate surface area is 113 Å². The highest BCUT2D eigenvalue weighted by Crippen LogP contribution is 2.36. The molecule has 0 aromatic carbocycles. The molecule has 0 bridgehead atoms. The second-order valence-corrected chi connectivity index (χ2v) is 8.02. The van der Waals surface area contributed by atoms with E-state index in [1.165, 1.54) is 11.3 Å². The van der Waals surface area contributed by atoms with Crippen molar-refractivity contribution in [3.63, 3.8) is 0 Å². The van der Waals surface area contributed by atoms with E-state index in [4.69, 9.17) is 0 Å². The Balaban J connectivity index is 2.17. The van der Waals surface area contributed by atoms with E-state index in [-0.39, 0.29) is 5.25 Å². The number of sulfone groups is 1. The van der Waals surface area contributed by atoms with Crippen molar-refractivity contribution in [3.8, 4) is 11.8 Å². The van der Waals surface area contributed by atoms with E-state index in [0.717, 1.165) is 41.9 Å². The molecule has 4 heteroatoms. The lowest BCUT2D eigenvalue weighted by Crippen LogP contribution is -2.20. The van der Waals surface area contributed by atoms with Crippen molar-refractivity contribution < 1.29 is 8.42 Å². The van der Waals surface area contributed by atoms with Gasteiger partial charge in [0.15, 0.2) is 9.84 Å². The Morgan fingerprint density at radius 2 is 2.22 bits per heavy atom. The highest BCUT2D eigenvalue weighted by molar-refractivity contribution is 7.91. The van der Waals surface area contributed by atoms with E-state index in [9.17, 15) is 8.42 Å². The molecular weight excluding hydrogens is 264 g/mol. The maximum absolute atomic E-state index is 12.0. The SMILES string of the molecule is CCCC#Cc1ccc([C@@H]2CCCCS2(=O)=O)s1. The molecule has 0 radical (unpaired) electrons. The first-order chi connectivity index (χ1) is 8.63. The third-order valence-corrected chi connectivity index (χ3v) is 6.59. The normalized spacial score (nSPS) is 22.2. The average Bonchev–Trinajstić information content (AvgIpc) is 2.77. The topological polar surface area (TPSA) is 34.1 Å². The van der Waals surface area contributed by atoms with Crippen LogP contribution in [0.4, 0.5) is 0 Å².